The summed E-state index contributed by atoms with van der Waals surface area (Å²) in [7, 11) is 0. The van der Waals surface area contributed by atoms with Crippen LogP contribution in [-0.2, 0) is 4.79 Å². The molecule has 1 aromatic rings. The lowest BCUT2D eigenvalue weighted by molar-refractivity contribution is -0.119. The quantitative estimate of drug-likeness (QED) is 0.753. The van der Waals surface area contributed by atoms with E-state index in [1.807, 2.05) is 30.3 Å². The topological polar surface area (TPSA) is 29.1 Å². The average Bonchev–Trinajstić information content (AvgIpc) is 2.63. The molecule has 2 heteroatoms. The molecule has 1 aliphatic heterocycles. The molecule has 1 aliphatic rings. The highest BCUT2D eigenvalue weighted by Gasteiger charge is 2.17. The first-order chi connectivity index (χ1) is 6.84. The van der Waals surface area contributed by atoms with Crippen LogP contribution in [0.1, 0.15) is 18.4 Å². The summed E-state index contributed by atoms with van der Waals surface area (Å²) in [5, 5.41) is 2.90. The van der Waals surface area contributed by atoms with Crippen molar-refractivity contribution in [1.29, 1.82) is 0 Å². The Hall–Kier alpha value is -1.57. The predicted octanol–water partition coefficient (Wildman–Crippen LogP) is 1.98. The smallest absolute Gasteiger partial charge is 0.220 e. The molecule has 0 saturated carbocycles. The van der Waals surface area contributed by atoms with Crippen molar-refractivity contribution in [1.82, 2.24) is 5.32 Å². The van der Waals surface area contributed by atoms with E-state index < -0.39 is 0 Å². The summed E-state index contributed by atoms with van der Waals surface area (Å²) < 4.78 is 0. The normalized spacial score (nSPS) is 21.4. The van der Waals surface area contributed by atoms with E-state index in [9.17, 15) is 4.79 Å². The van der Waals surface area contributed by atoms with Crippen LogP contribution in [0.25, 0.3) is 6.08 Å². The van der Waals surface area contributed by atoms with Crippen molar-refractivity contribution < 1.29 is 4.79 Å². The summed E-state index contributed by atoms with van der Waals surface area (Å²) in [5.74, 6) is 0.160. The van der Waals surface area contributed by atoms with Crippen molar-refractivity contribution in [2.75, 3.05) is 0 Å². The van der Waals surface area contributed by atoms with Gasteiger partial charge in [-0.05, 0) is 12.0 Å². The lowest BCUT2D eigenvalue weighted by Gasteiger charge is -2.01. The molecule has 1 fully saturated rings. The van der Waals surface area contributed by atoms with Gasteiger partial charge in [0.2, 0.25) is 5.91 Å². The molecule has 0 unspecified atom stereocenters. The Morgan fingerprint density at radius 2 is 2.07 bits per heavy atom. The van der Waals surface area contributed by atoms with Crippen molar-refractivity contribution in [3.05, 3.63) is 42.0 Å². The first kappa shape index (κ1) is 9.00. The minimum atomic E-state index is 0.160. The van der Waals surface area contributed by atoms with E-state index >= 15 is 0 Å². The second-order valence-electron chi connectivity index (χ2n) is 3.48. The predicted molar refractivity (Wildman–Crippen MR) is 56.6 cm³/mol. The maximum atomic E-state index is 10.9. The Morgan fingerprint density at radius 1 is 1.29 bits per heavy atom. The number of carbonyl (C=O) groups is 1. The van der Waals surface area contributed by atoms with Gasteiger partial charge in [0.1, 0.15) is 0 Å². The van der Waals surface area contributed by atoms with Crippen LogP contribution >= 0.6 is 0 Å². The zero-order valence-electron chi connectivity index (χ0n) is 7.94. The molecule has 1 amide bonds. The lowest BCUT2D eigenvalue weighted by Crippen LogP contribution is -2.22. The zero-order valence-corrected chi connectivity index (χ0v) is 7.94. The fourth-order valence-electron chi connectivity index (χ4n) is 1.57. The lowest BCUT2D eigenvalue weighted by atomic mass is 10.1. The zero-order chi connectivity index (χ0) is 9.80. The van der Waals surface area contributed by atoms with E-state index in [4.69, 9.17) is 0 Å². The van der Waals surface area contributed by atoms with Crippen LogP contribution in [0.15, 0.2) is 36.4 Å². The van der Waals surface area contributed by atoms with Crippen molar-refractivity contribution in [3.8, 4) is 0 Å². The summed E-state index contributed by atoms with van der Waals surface area (Å²) in [4.78, 5) is 10.9. The molecule has 1 aromatic carbocycles. The summed E-state index contributed by atoms with van der Waals surface area (Å²) in [6.45, 7) is 0. The fraction of sp³-hybridized carbons (Fsp3) is 0.250. The van der Waals surface area contributed by atoms with E-state index in [2.05, 4.69) is 17.5 Å². The number of carbonyl (C=O) groups excluding carboxylic acids is 1. The van der Waals surface area contributed by atoms with E-state index in [0.717, 1.165) is 6.42 Å². The molecule has 1 heterocycles. The maximum absolute atomic E-state index is 10.9. The molecule has 1 N–H and O–H groups in total. The molecule has 2 nitrogen and oxygen atoms in total. The highest BCUT2D eigenvalue weighted by atomic mass is 16.1. The van der Waals surface area contributed by atoms with Crippen LogP contribution in [0.2, 0.25) is 0 Å². The Morgan fingerprint density at radius 3 is 2.71 bits per heavy atom. The standard InChI is InChI=1S/C12H13NO/c14-12-9-8-11(13-12)7-6-10-4-2-1-3-5-10/h1-7,11H,8-9H2,(H,13,14)/b7-6-/t11-/m1/s1. The molecule has 2 rings (SSSR count). The molecule has 0 bridgehead atoms. The third kappa shape index (κ3) is 2.22. The molecule has 14 heavy (non-hydrogen) atoms. The molecule has 1 saturated heterocycles. The highest BCUT2D eigenvalue weighted by Crippen LogP contribution is 2.10. The van der Waals surface area contributed by atoms with Gasteiger partial charge >= 0.3 is 0 Å². The van der Waals surface area contributed by atoms with E-state index in [0.29, 0.717) is 6.42 Å². The van der Waals surface area contributed by atoms with Crippen LogP contribution in [-0.4, -0.2) is 11.9 Å². The Bertz CT molecular complexity index is 343. The molecule has 0 spiro atoms. The number of nitrogens with one attached hydrogen (secondary N) is 1. The Balaban J connectivity index is 1.97. The van der Waals surface area contributed by atoms with Crippen molar-refractivity contribution in [3.63, 3.8) is 0 Å². The van der Waals surface area contributed by atoms with Crippen LogP contribution in [0.5, 0.6) is 0 Å². The van der Waals surface area contributed by atoms with Crippen LogP contribution in [0.3, 0.4) is 0 Å². The van der Waals surface area contributed by atoms with Crippen LogP contribution < -0.4 is 5.32 Å². The third-order valence-corrected chi connectivity index (χ3v) is 2.35. The van der Waals surface area contributed by atoms with Crippen molar-refractivity contribution >= 4 is 12.0 Å². The third-order valence-electron chi connectivity index (χ3n) is 2.35. The van der Waals surface area contributed by atoms with Gasteiger partial charge in [0.05, 0.1) is 0 Å². The molecule has 0 aliphatic carbocycles. The van der Waals surface area contributed by atoms with Gasteiger partial charge in [-0.2, -0.15) is 0 Å². The molecular formula is C12H13NO. The van der Waals surface area contributed by atoms with Gasteiger partial charge in [0, 0.05) is 12.5 Å². The second-order valence-corrected chi connectivity index (χ2v) is 3.48. The minimum Gasteiger partial charge on any atom is -0.350 e. The SMILES string of the molecule is O=C1CC[C@@H](/C=C\c2ccccc2)N1. The molecule has 72 valence electrons. The van der Waals surface area contributed by atoms with Gasteiger partial charge in [0.25, 0.3) is 0 Å². The minimum absolute atomic E-state index is 0.160. The summed E-state index contributed by atoms with van der Waals surface area (Å²) in [6.07, 6.45) is 5.68. The fourth-order valence-corrected chi connectivity index (χ4v) is 1.57. The van der Waals surface area contributed by atoms with E-state index in [1.54, 1.807) is 0 Å². The molecule has 0 radical (unpaired) electrons. The summed E-state index contributed by atoms with van der Waals surface area (Å²) >= 11 is 0. The number of benzene rings is 1. The van der Waals surface area contributed by atoms with Crippen molar-refractivity contribution in [2.45, 2.75) is 18.9 Å². The summed E-state index contributed by atoms with van der Waals surface area (Å²) in [5.41, 5.74) is 1.17. The van der Waals surface area contributed by atoms with Gasteiger partial charge < -0.3 is 5.32 Å². The summed E-state index contributed by atoms with van der Waals surface area (Å²) in [6, 6.07) is 10.3. The van der Waals surface area contributed by atoms with Crippen LogP contribution in [0, 0.1) is 0 Å². The monoisotopic (exact) mass is 187 g/mol. The van der Waals surface area contributed by atoms with Gasteiger partial charge in [0.15, 0.2) is 0 Å². The highest BCUT2D eigenvalue weighted by molar-refractivity contribution is 5.79. The first-order valence-electron chi connectivity index (χ1n) is 4.87. The number of hydrogen-bond acceptors (Lipinski definition) is 1. The Kier molecular flexibility index (Phi) is 2.63. The van der Waals surface area contributed by atoms with Gasteiger partial charge in [-0.15, -0.1) is 0 Å². The molecular weight excluding hydrogens is 174 g/mol. The van der Waals surface area contributed by atoms with Crippen LogP contribution in [0.4, 0.5) is 0 Å². The molecule has 0 aromatic heterocycles. The van der Waals surface area contributed by atoms with Gasteiger partial charge in [-0.25, -0.2) is 0 Å². The number of rotatable bonds is 2. The average molecular weight is 187 g/mol. The second kappa shape index (κ2) is 4.09. The van der Waals surface area contributed by atoms with E-state index in [-0.39, 0.29) is 11.9 Å². The maximum Gasteiger partial charge on any atom is 0.220 e. The van der Waals surface area contributed by atoms with Crippen molar-refractivity contribution in [2.24, 2.45) is 0 Å². The van der Waals surface area contributed by atoms with Gasteiger partial charge in [-0.3, -0.25) is 4.79 Å². The largest absolute Gasteiger partial charge is 0.350 e. The number of amides is 1. The Labute approximate surface area is 83.6 Å². The van der Waals surface area contributed by atoms with E-state index in [1.165, 1.54) is 5.56 Å². The van der Waals surface area contributed by atoms with Gasteiger partial charge in [-0.1, -0.05) is 42.5 Å². The first-order valence-corrected chi connectivity index (χ1v) is 4.87. The number of hydrogen-bond donors (Lipinski definition) is 1. The molecule has 1 atom stereocenters.